The third kappa shape index (κ3) is 6.06. The maximum Gasteiger partial charge on any atom is 0.321 e. The molecule has 0 spiro atoms. The molecular formula is C20H30N4O3. The predicted octanol–water partition coefficient (Wildman–Crippen LogP) is 1.56. The van der Waals surface area contributed by atoms with Crippen LogP contribution >= 0.6 is 0 Å². The van der Waals surface area contributed by atoms with Crippen molar-refractivity contribution in [3.05, 3.63) is 35.9 Å². The summed E-state index contributed by atoms with van der Waals surface area (Å²) in [7, 11) is 0. The van der Waals surface area contributed by atoms with Crippen molar-refractivity contribution < 1.29 is 14.4 Å². The molecule has 7 heteroatoms. The smallest absolute Gasteiger partial charge is 0.321 e. The molecule has 1 saturated heterocycles. The van der Waals surface area contributed by atoms with Gasteiger partial charge in [0.25, 0.3) is 0 Å². The first kappa shape index (κ1) is 20.9. The lowest BCUT2D eigenvalue weighted by Crippen LogP contribution is -2.56. The molecule has 1 heterocycles. The molecule has 0 bridgehead atoms. The highest BCUT2D eigenvalue weighted by molar-refractivity contribution is 5.96. The standard InChI is InChI=1S/C20H30N4O3/c1-4-21-20(27)22-19(26)16(3)23-10-12-24(13-11-23)18(25)14-15(2)17-8-6-5-7-9-17/h5-9,15-16H,4,10-14H2,1-3H3,(H2,21,22,26,27)/t15-,16+/m0/s1. The van der Waals surface area contributed by atoms with Gasteiger partial charge < -0.3 is 10.2 Å². The average Bonchev–Trinajstić information content (AvgIpc) is 2.68. The minimum Gasteiger partial charge on any atom is -0.340 e. The van der Waals surface area contributed by atoms with Crippen LogP contribution in [-0.2, 0) is 9.59 Å². The Morgan fingerprint density at radius 2 is 1.67 bits per heavy atom. The van der Waals surface area contributed by atoms with E-state index < -0.39 is 12.1 Å². The van der Waals surface area contributed by atoms with Crippen LogP contribution in [0.2, 0.25) is 0 Å². The van der Waals surface area contributed by atoms with E-state index in [9.17, 15) is 14.4 Å². The lowest BCUT2D eigenvalue weighted by atomic mass is 9.97. The molecule has 1 aliphatic heterocycles. The Balaban J connectivity index is 1.79. The lowest BCUT2D eigenvalue weighted by molar-refractivity contribution is -0.134. The number of imide groups is 1. The van der Waals surface area contributed by atoms with Gasteiger partial charge in [-0.25, -0.2) is 4.79 Å². The molecule has 1 aromatic carbocycles. The maximum absolute atomic E-state index is 12.6. The lowest BCUT2D eigenvalue weighted by Gasteiger charge is -2.37. The van der Waals surface area contributed by atoms with Crippen LogP contribution < -0.4 is 10.6 Å². The number of carbonyl (C=O) groups is 3. The van der Waals surface area contributed by atoms with E-state index >= 15 is 0 Å². The zero-order chi connectivity index (χ0) is 19.8. The van der Waals surface area contributed by atoms with Crippen molar-refractivity contribution in [2.75, 3.05) is 32.7 Å². The van der Waals surface area contributed by atoms with E-state index in [1.807, 2.05) is 40.1 Å². The number of nitrogens with zero attached hydrogens (tertiary/aromatic N) is 2. The number of carbonyl (C=O) groups excluding carboxylic acids is 3. The van der Waals surface area contributed by atoms with Crippen molar-refractivity contribution in [1.82, 2.24) is 20.4 Å². The van der Waals surface area contributed by atoms with Gasteiger partial charge in [-0.15, -0.1) is 0 Å². The quantitative estimate of drug-likeness (QED) is 0.792. The predicted molar refractivity (Wildman–Crippen MR) is 104 cm³/mol. The Hall–Kier alpha value is -2.41. The second-order valence-corrected chi connectivity index (χ2v) is 6.96. The fraction of sp³-hybridized carbons (Fsp3) is 0.550. The molecule has 7 nitrogen and oxygen atoms in total. The number of urea groups is 1. The van der Waals surface area contributed by atoms with E-state index in [1.165, 1.54) is 5.56 Å². The molecule has 0 radical (unpaired) electrons. The summed E-state index contributed by atoms with van der Waals surface area (Å²) in [6, 6.07) is 9.16. The zero-order valence-corrected chi connectivity index (χ0v) is 16.4. The minimum atomic E-state index is -0.474. The van der Waals surface area contributed by atoms with Gasteiger partial charge >= 0.3 is 6.03 Å². The van der Waals surface area contributed by atoms with Crippen molar-refractivity contribution in [2.45, 2.75) is 39.2 Å². The first-order valence-corrected chi connectivity index (χ1v) is 9.57. The van der Waals surface area contributed by atoms with Crippen LogP contribution in [0.4, 0.5) is 4.79 Å². The van der Waals surface area contributed by atoms with Gasteiger partial charge in [-0.05, 0) is 25.3 Å². The Labute approximate surface area is 161 Å². The monoisotopic (exact) mass is 374 g/mol. The van der Waals surface area contributed by atoms with Crippen LogP contribution in [0.5, 0.6) is 0 Å². The van der Waals surface area contributed by atoms with E-state index in [-0.39, 0.29) is 17.7 Å². The molecule has 1 aliphatic rings. The van der Waals surface area contributed by atoms with Gasteiger partial charge in [0, 0.05) is 39.1 Å². The number of amides is 4. The van der Waals surface area contributed by atoms with Crippen LogP contribution in [0, 0.1) is 0 Å². The summed E-state index contributed by atoms with van der Waals surface area (Å²) >= 11 is 0. The zero-order valence-electron chi connectivity index (χ0n) is 16.4. The van der Waals surface area contributed by atoms with Gasteiger partial charge in [-0.2, -0.15) is 0 Å². The van der Waals surface area contributed by atoms with E-state index in [4.69, 9.17) is 0 Å². The number of rotatable bonds is 6. The molecule has 2 N–H and O–H groups in total. The van der Waals surface area contributed by atoms with Crippen molar-refractivity contribution >= 4 is 17.8 Å². The highest BCUT2D eigenvalue weighted by Gasteiger charge is 2.28. The highest BCUT2D eigenvalue weighted by Crippen LogP contribution is 2.20. The molecule has 1 aromatic rings. The molecule has 27 heavy (non-hydrogen) atoms. The number of hydrogen-bond donors (Lipinski definition) is 2. The van der Waals surface area contributed by atoms with Gasteiger partial charge in [-0.1, -0.05) is 37.3 Å². The highest BCUT2D eigenvalue weighted by atomic mass is 16.2. The van der Waals surface area contributed by atoms with Crippen LogP contribution in [-0.4, -0.2) is 66.4 Å². The van der Waals surface area contributed by atoms with Gasteiger partial charge in [0.15, 0.2) is 0 Å². The van der Waals surface area contributed by atoms with Gasteiger partial charge in [-0.3, -0.25) is 19.8 Å². The van der Waals surface area contributed by atoms with Gasteiger partial charge in [0.2, 0.25) is 11.8 Å². The topological polar surface area (TPSA) is 81.8 Å². The van der Waals surface area contributed by atoms with Crippen molar-refractivity contribution in [3.8, 4) is 0 Å². The fourth-order valence-corrected chi connectivity index (χ4v) is 3.24. The molecule has 2 atom stereocenters. The van der Waals surface area contributed by atoms with Crippen LogP contribution in [0.1, 0.15) is 38.7 Å². The van der Waals surface area contributed by atoms with Crippen molar-refractivity contribution in [3.63, 3.8) is 0 Å². The van der Waals surface area contributed by atoms with Crippen molar-refractivity contribution in [1.29, 1.82) is 0 Å². The number of piperazine rings is 1. The molecular weight excluding hydrogens is 344 g/mol. The summed E-state index contributed by atoms with van der Waals surface area (Å²) in [6.45, 7) is 8.54. The number of benzene rings is 1. The Morgan fingerprint density at radius 1 is 1.04 bits per heavy atom. The summed E-state index contributed by atoms with van der Waals surface area (Å²) in [5, 5.41) is 4.89. The maximum atomic E-state index is 12.6. The third-order valence-corrected chi connectivity index (χ3v) is 5.02. The second kappa shape index (κ2) is 10.1. The van der Waals surface area contributed by atoms with Crippen LogP contribution in [0.3, 0.4) is 0 Å². The minimum absolute atomic E-state index is 0.144. The summed E-state index contributed by atoms with van der Waals surface area (Å²) in [6.07, 6.45) is 0.483. The van der Waals surface area contributed by atoms with Crippen LogP contribution in [0.15, 0.2) is 30.3 Å². The molecule has 0 unspecified atom stereocenters. The number of nitrogens with one attached hydrogen (secondary N) is 2. The van der Waals surface area contributed by atoms with Gasteiger partial charge in [0.05, 0.1) is 6.04 Å². The first-order chi connectivity index (χ1) is 12.9. The van der Waals surface area contributed by atoms with Crippen LogP contribution in [0.25, 0.3) is 0 Å². The Morgan fingerprint density at radius 3 is 2.26 bits per heavy atom. The summed E-state index contributed by atoms with van der Waals surface area (Å²) in [5.74, 6) is 0.00219. The largest absolute Gasteiger partial charge is 0.340 e. The molecule has 2 rings (SSSR count). The summed E-state index contributed by atoms with van der Waals surface area (Å²) < 4.78 is 0. The van der Waals surface area contributed by atoms with E-state index in [0.29, 0.717) is 39.1 Å². The molecule has 148 valence electrons. The fourth-order valence-electron chi connectivity index (χ4n) is 3.24. The van der Waals surface area contributed by atoms with Crippen molar-refractivity contribution in [2.24, 2.45) is 0 Å². The first-order valence-electron chi connectivity index (χ1n) is 9.57. The SMILES string of the molecule is CCNC(=O)NC(=O)[C@@H](C)N1CCN(C(=O)C[C@H](C)c2ccccc2)CC1. The summed E-state index contributed by atoms with van der Waals surface area (Å²) in [4.78, 5) is 40.1. The Bertz CT molecular complexity index is 642. The van der Waals surface area contributed by atoms with E-state index in [2.05, 4.69) is 17.6 Å². The Kier molecular flexibility index (Phi) is 7.79. The summed E-state index contributed by atoms with van der Waals surface area (Å²) in [5.41, 5.74) is 1.17. The molecule has 1 fully saturated rings. The molecule has 4 amide bonds. The molecule has 0 aliphatic carbocycles. The van der Waals surface area contributed by atoms with E-state index in [1.54, 1.807) is 13.8 Å². The third-order valence-electron chi connectivity index (χ3n) is 5.02. The average molecular weight is 374 g/mol. The van der Waals surface area contributed by atoms with E-state index in [0.717, 1.165) is 0 Å². The number of hydrogen-bond acceptors (Lipinski definition) is 4. The second-order valence-electron chi connectivity index (χ2n) is 6.96. The normalized spacial score (nSPS) is 17.1. The molecule has 0 saturated carbocycles. The molecule has 0 aromatic heterocycles. The van der Waals surface area contributed by atoms with Gasteiger partial charge in [0.1, 0.15) is 0 Å².